The first-order chi connectivity index (χ1) is 11.6. The van der Waals surface area contributed by atoms with Crippen LogP contribution in [0.15, 0.2) is 52.1 Å². The maximum atomic E-state index is 12.0. The van der Waals surface area contributed by atoms with Gasteiger partial charge in [-0.1, -0.05) is 30.0 Å². The minimum atomic E-state index is -1.00. The molecule has 0 saturated carbocycles. The number of thiazole rings is 1. The number of benzene rings is 1. The highest BCUT2D eigenvalue weighted by Gasteiger charge is 2.24. The lowest BCUT2D eigenvalue weighted by molar-refractivity contribution is -0.143. The third-order valence-corrected chi connectivity index (χ3v) is 4.69. The molecule has 0 aliphatic heterocycles. The van der Waals surface area contributed by atoms with Crippen LogP contribution < -0.4 is 0 Å². The first-order valence-corrected chi connectivity index (χ1v) is 8.75. The number of nitriles is 1. The third-order valence-electron chi connectivity index (χ3n) is 2.84. The van der Waals surface area contributed by atoms with E-state index in [-0.39, 0.29) is 0 Å². The summed E-state index contributed by atoms with van der Waals surface area (Å²) in [7, 11) is 0. The van der Waals surface area contributed by atoms with E-state index in [9.17, 15) is 9.59 Å². The predicted octanol–water partition coefficient (Wildman–Crippen LogP) is 3.48. The molecule has 0 radical (unpaired) electrons. The van der Waals surface area contributed by atoms with Gasteiger partial charge < -0.3 is 4.74 Å². The van der Waals surface area contributed by atoms with Crippen LogP contribution in [-0.4, -0.2) is 23.3 Å². The van der Waals surface area contributed by atoms with Gasteiger partial charge in [-0.05, 0) is 24.5 Å². The summed E-state index contributed by atoms with van der Waals surface area (Å²) in [5, 5.41) is 12.9. The smallest absolute Gasteiger partial charge is 0.331 e. The lowest BCUT2D eigenvalue weighted by atomic mass is 10.1. The summed E-state index contributed by atoms with van der Waals surface area (Å²) >= 11 is 2.61. The summed E-state index contributed by atoms with van der Waals surface area (Å²) in [5.41, 5.74) is 0.751. The molecule has 5 nitrogen and oxygen atoms in total. The average Bonchev–Trinajstić information content (AvgIpc) is 3.01. The SMILES string of the molecule is Cc1csc([C@H](C#N)C(=O)COC(=O)/C=C/Sc2ccccc2)n1. The van der Waals surface area contributed by atoms with Gasteiger partial charge in [0.05, 0.1) is 6.07 Å². The maximum absolute atomic E-state index is 12.0. The minimum Gasteiger partial charge on any atom is -0.454 e. The fourth-order valence-corrected chi connectivity index (χ4v) is 3.22. The van der Waals surface area contributed by atoms with Crippen molar-refractivity contribution < 1.29 is 14.3 Å². The Kier molecular flexibility index (Phi) is 6.73. The molecule has 0 fully saturated rings. The van der Waals surface area contributed by atoms with Gasteiger partial charge in [0, 0.05) is 22.0 Å². The molecule has 0 aliphatic rings. The Labute approximate surface area is 148 Å². The number of hydrogen-bond acceptors (Lipinski definition) is 7. The van der Waals surface area contributed by atoms with Gasteiger partial charge in [0.2, 0.25) is 0 Å². The number of hydrogen-bond donors (Lipinski definition) is 0. The number of esters is 1. The average molecular weight is 358 g/mol. The van der Waals surface area contributed by atoms with Crippen LogP contribution in [0.4, 0.5) is 0 Å². The van der Waals surface area contributed by atoms with E-state index in [1.54, 1.807) is 17.7 Å². The van der Waals surface area contributed by atoms with Crippen molar-refractivity contribution in [3.63, 3.8) is 0 Å². The normalized spacial score (nSPS) is 11.8. The molecule has 1 atom stereocenters. The molecule has 0 N–H and O–H groups in total. The largest absolute Gasteiger partial charge is 0.454 e. The number of carbonyl (C=O) groups is 2. The summed E-state index contributed by atoms with van der Waals surface area (Å²) in [4.78, 5) is 28.8. The minimum absolute atomic E-state index is 0.422. The number of thioether (sulfide) groups is 1. The van der Waals surface area contributed by atoms with Crippen LogP contribution >= 0.6 is 23.1 Å². The lowest BCUT2D eigenvalue weighted by Crippen LogP contribution is -2.19. The summed E-state index contributed by atoms with van der Waals surface area (Å²) in [5.74, 6) is -2.11. The van der Waals surface area contributed by atoms with Crippen LogP contribution in [0.2, 0.25) is 0 Å². The van der Waals surface area contributed by atoms with E-state index in [0.29, 0.717) is 5.01 Å². The number of ether oxygens (including phenoxy) is 1. The standard InChI is InChI=1S/C17H14N2O3S2/c1-12-11-24-17(19-12)14(9-18)15(20)10-22-16(21)7-8-23-13-5-3-2-4-6-13/h2-8,11,14H,10H2,1H3/b8-7+/t14-/m1/s1. The van der Waals surface area contributed by atoms with Crippen LogP contribution in [0.1, 0.15) is 16.6 Å². The Bertz CT molecular complexity index is 779. The number of aryl methyl sites for hydroxylation is 1. The number of ketones is 1. The van der Waals surface area contributed by atoms with Gasteiger partial charge in [-0.15, -0.1) is 11.3 Å². The van der Waals surface area contributed by atoms with Crippen molar-refractivity contribution in [3.8, 4) is 6.07 Å². The second kappa shape index (κ2) is 9.01. The Morgan fingerprint density at radius 3 is 2.79 bits per heavy atom. The van der Waals surface area contributed by atoms with Gasteiger partial charge in [-0.3, -0.25) is 4.79 Å². The number of aromatic nitrogens is 1. The highest BCUT2D eigenvalue weighted by atomic mass is 32.2. The van der Waals surface area contributed by atoms with Crippen molar-refractivity contribution in [2.75, 3.05) is 6.61 Å². The fourth-order valence-electron chi connectivity index (χ4n) is 1.71. The Morgan fingerprint density at radius 1 is 1.42 bits per heavy atom. The van der Waals surface area contributed by atoms with Crippen LogP contribution in [0, 0.1) is 18.3 Å². The van der Waals surface area contributed by atoms with Crippen molar-refractivity contribution in [2.45, 2.75) is 17.7 Å². The number of carbonyl (C=O) groups excluding carboxylic acids is 2. The first kappa shape index (κ1) is 17.9. The van der Waals surface area contributed by atoms with Gasteiger partial charge >= 0.3 is 5.97 Å². The van der Waals surface area contributed by atoms with Gasteiger partial charge in [-0.2, -0.15) is 5.26 Å². The van der Waals surface area contributed by atoms with Crippen molar-refractivity contribution in [3.05, 3.63) is 57.9 Å². The summed E-state index contributed by atoms with van der Waals surface area (Å²) in [6, 6.07) is 11.4. The molecule has 0 unspecified atom stereocenters. The zero-order valence-electron chi connectivity index (χ0n) is 12.8. The highest BCUT2D eigenvalue weighted by Crippen LogP contribution is 2.21. The maximum Gasteiger partial charge on any atom is 0.331 e. The zero-order valence-corrected chi connectivity index (χ0v) is 14.5. The molecular weight excluding hydrogens is 344 g/mol. The summed E-state index contributed by atoms with van der Waals surface area (Å²) in [6.07, 6.45) is 1.25. The van der Waals surface area contributed by atoms with Crippen LogP contribution in [-0.2, 0) is 14.3 Å². The summed E-state index contributed by atoms with van der Waals surface area (Å²) in [6.45, 7) is 1.34. The number of rotatable bonds is 7. The van der Waals surface area contributed by atoms with E-state index >= 15 is 0 Å². The molecule has 1 heterocycles. The quantitative estimate of drug-likeness (QED) is 0.428. The van der Waals surface area contributed by atoms with Crippen molar-refractivity contribution in [2.24, 2.45) is 0 Å². The van der Waals surface area contributed by atoms with Crippen LogP contribution in [0.3, 0.4) is 0 Å². The molecule has 0 amide bonds. The van der Waals surface area contributed by atoms with E-state index in [0.717, 1.165) is 10.6 Å². The first-order valence-electron chi connectivity index (χ1n) is 6.99. The molecule has 1 aromatic heterocycles. The topological polar surface area (TPSA) is 80.0 Å². The predicted molar refractivity (Wildman–Crippen MR) is 92.6 cm³/mol. The van der Waals surface area contributed by atoms with Gasteiger partial charge in [0.15, 0.2) is 18.3 Å². The number of nitrogens with zero attached hydrogens (tertiary/aromatic N) is 2. The molecule has 122 valence electrons. The number of Topliss-reactive ketones (excluding diaryl/α,β-unsaturated/α-hetero) is 1. The zero-order chi connectivity index (χ0) is 17.4. The van der Waals surface area contributed by atoms with E-state index < -0.39 is 24.3 Å². The third kappa shape index (κ3) is 5.33. The van der Waals surface area contributed by atoms with Crippen LogP contribution in [0.5, 0.6) is 0 Å². The van der Waals surface area contributed by atoms with E-state index in [1.165, 1.54) is 29.2 Å². The molecule has 1 aromatic carbocycles. The molecular formula is C17H14N2O3S2. The molecule has 0 bridgehead atoms. The Balaban J connectivity index is 1.82. The second-order valence-corrected chi connectivity index (χ2v) is 6.57. The van der Waals surface area contributed by atoms with Crippen molar-refractivity contribution in [1.29, 1.82) is 5.26 Å². The van der Waals surface area contributed by atoms with E-state index in [4.69, 9.17) is 10.00 Å². The van der Waals surface area contributed by atoms with Crippen LogP contribution in [0.25, 0.3) is 0 Å². The fraction of sp³-hybridized carbons (Fsp3) is 0.176. The van der Waals surface area contributed by atoms with Crippen molar-refractivity contribution >= 4 is 34.9 Å². The van der Waals surface area contributed by atoms with E-state index in [1.807, 2.05) is 36.4 Å². The molecule has 7 heteroatoms. The lowest BCUT2D eigenvalue weighted by Gasteiger charge is -2.05. The molecule has 0 spiro atoms. The van der Waals surface area contributed by atoms with Gasteiger partial charge in [0.25, 0.3) is 0 Å². The molecule has 24 heavy (non-hydrogen) atoms. The molecule has 2 aromatic rings. The Morgan fingerprint density at radius 2 is 2.17 bits per heavy atom. The molecule has 2 rings (SSSR count). The molecule has 0 aliphatic carbocycles. The monoisotopic (exact) mass is 358 g/mol. The Hall–Kier alpha value is -2.43. The summed E-state index contributed by atoms with van der Waals surface area (Å²) < 4.78 is 4.89. The van der Waals surface area contributed by atoms with E-state index in [2.05, 4.69) is 4.98 Å². The van der Waals surface area contributed by atoms with Crippen molar-refractivity contribution in [1.82, 2.24) is 4.98 Å². The van der Waals surface area contributed by atoms with Gasteiger partial charge in [-0.25, -0.2) is 9.78 Å². The molecule has 0 saturated heterocycles. The van der Waals surface area contributed by atoms with Gasteiger partial charge in [0.1, 0.15) is 5.01 Å². The second-order valence-electron chi connectivity index (χ2n) is 4.70. The highest BCUT2D eigenvalue weighted by molar-refractivity contribution is 8.02.